The topological polar surface area (TPSA) is 19.6 Å². The van der Waals surface area contributed by atoms with Crippen LogP contribution in [0.1, 0.15) is 5.76 Å². The first-order chi connectivity index (χ1) is 8.31. The Morgan fingerprint density at radius 3 is 2.65 bits per heavy atom. The van der Waals surface area contributed by atoms with Crippen LogP contribution < -0.4 is 0 Å². The van der Waals surface area contributed by atoms with E-state index in [0.717, 1.165) is 44.1 Å². The summed E-state index contributed by atoms with van der Waals surface area (Å²) in [5.41, 5.74) is 0.997. The van der Waals surface area contributed by atoms with E-state index in [0.29, 0.717) is 0 Å². The summed E-state index contributed by atoms with van der Waals surface area (Å²) < 4.78 is 5.84. The second kappa shape index (κ2) is 4.51. The largest absolute Gasteiger partial charge is 0.460 e. The van der Waals surface area contributed by atoms with Crippen LogP contribution in [0.2, 0.25) is 0 Å². The van der Waals surface area contributed by atoms with E-state index < -0.39 is 0 Å². The second-order valence-electron chi connectivity index (χ2n) is 4.83. The van der Waals surface area contributed by atoms with E-state index in [1.807, 2.05) is 12.1 Å². The fourth-order valence-corrected chi connectivity index (χ4v) is 2.34. The van der Waals surface area contributed by atoms with Gasteiger partial charge < -0.3 is 9.32 Å². The maximum absolute atomic E-state index is 5.84. The van der Waals surface area contributed by atoms with Gasteiger partial charge in [-0.3, -0.25) is 4.90 Å². The lowest BCUT2D eigenvalue weighted by Gasteiger charge is -2.31. The van der Waals surface area contributed by atoms with Crippen LogP contribution >= 0.6 is 0 Å². The summed E-state index contributed by atoms with van der Waals surface area (Å²) in [5, 5.41) is 1.21. The van der Waals surface area contributed by atoms with Crippen molar-refractivity contribution in [3.05, 3.63) is 36.1 Å². The molecule has 0 N–H and O–H groups in total. The van der Waals surface area contributed by atoms with Crippen molar-refractivity contribution in [2.45, 2.75) is 6.54 Å². The van der Waals surface area contributed by atoms with Crippen molar-refractivity contribution in [2.75, 3.05) is 33.2 Å². The molecule has 1 aromatic heterocycles. The third-order valence-corrected chi connectivity index (χ3v) is 3.45. The number of furan rings is 1. The molecule has 0 radical (unpaired) electrons. The molecule has 3 rings (SSSR count). The predicted molar refractivity (Wildman–Crippen MR) is 69.0 cm³/mol. The van der Waals surface area contributed by atoms with Gasteiger partial charge in [0.15, 0.2) is 0 Å². The number of piperazine rings is 1. The standard InChI is InChI=1S/C14H18N2O/c1-15-6-8-16(9-7-15)11-13-10-12-4-2-3-5-14(12)17-13/h2-5,10H,6-9,11H2,1H3. The highest BCUT2D eigenvalue weighted by Crippen LogP contribution is 2.20. The summed E-state index contributed by atoms with van der Waals surface area (Å²) in [6.07, 6.45) is 0. The summed E-state index contributed by atoms with van der Waals surface area (Å²) in [6, 6.07) is 10.4. The molecular formula is C14H18N2O. The van der Waals surface area contributed by atoms with Gasteiger partial charge in [0.1, 0.15) is 11.3 Å². The Balaban J connectivity index is 1.72. The molecular weight excluding hydrogens is 212 g/mol. The minimum Gasteiger partial charge on any atom is -0.460 e. The molecule has 17 heavy (non-hydrogen) atoms. The Kier molecular flexibility index (Phi) is 2.87. The molecule has 3 heteroatoms. The Labute approximate surface area is 102 Å². The maximum atomic E-state index is 5.84. The van der Waals surface area contributed by atoms with Crippen molar-refractivity contribution in [1.82, 2.24) is 9.80 Å². The quantitative estimate of drug-likeness (QED) is 0.788. The highest BCUT2D eigenvalue weighted by atomic mass is 16.3. The Hall–Kier alpha value is -1.32. The number of hydrogen-bond acceptors (Lipinski definition) is 3. The summed E-state index contributed by atoms with van der Waals surface area (Å²) in [4.78, 5) is 4.83. The first kappa shape index (κ1) is 10.8. The summed E-state index contributed by atoms with van der Waals surface area (Å²) >= 11 is 0. The van der Waals surface area contributed by atoms with Crippen LogP contribution in [-0.4, -0.2) is 43.0 Å². The van der Waals surface area contributed by atoms with Gasteiger partial charge in [0, 0.05) is 31.6 Å². The van der Waals surface area contributed by atoms with E-state index >= 15 is 0 Å². The number of likely N-dealkylation sites (N-methyl/N-ethyl adjacent to an activating group) is 1. The first-order valence-corrected chi connectivity index (χ1v) is 6.19. The van der Waals surface area contributed by atoms with Crippen molar-refractivity contribution >= 4 is 11.0 Å². The fourth-order valence-electron chi connectivity index (χ4n) is 2.34. The van der Waals surface area contributed by atoms with Crippen LogP contribution in [0.4, 0.5) is 0 Å². The molecule has 1 saturated heterocycles. The van der Waals surface area contributed by atoms with E-state index in [4.69, 9.17) is 4.42 Å². The molecule has 0 amide bonds. The van der Waals surface area contributed by atoms with Crippen molar-refractivity contribution in [1.29, 1.82) is 0 Å². The predicted octanol–water partition coefficient (Wildman–Crippen LogP) is 2.18. The number of fused-ring (bicyclic) bond motifs is 1. The van der Waals surface area contributed by atoms with E-state index in [1.165, 1.54) is 5.39 Å². The molecule has 0 spiro atoms. The van der Waals surface area contributed by atoms with Crippen LogP contribution in [0.5, 0.6) is 0 Å². The van der Waals surface area contributed by atoms with Gasteiger partial charge in [-0.05, 0) is 19.2 Å². The van der Waals surface area contributed by atoms with E-state index in [-0.39, 0.29) is 0 Å². The molecule has 0 aliphatic carbocycles. The Morgan fingerprint density at radius 2 is 1.88 bits per heavy atom. The number of nitrogens with zero attached hydrogens (tertiary/aromatic N) is 2. The molecule has 0 unspecified atom stereocenters. The van der Waals surface area contributed by atoms with Gasteiger partial charge in [-0.25, -0.2) is 0 Å². The zero-order chi connectivity index (χ0) is 11.7. The highest BCUT2D eigenvalue weighted by Gasteiger charge is 2.15. The zero-order valence-corrected chi connectivity index (χ0v) is 10.2. The Morgan fingerprint density at radius 1 is 1.12 bits per heavy atom. The number of benzene rings is 1. The highest BCUT2D eigenvalue weighted by molar-refractivity contribution is 5.77. The van der Waals surface area contributed by atoms with Gasteiger partial charge in [0.05, 0.1) is 6.54 Å². The average molecular weight is 230 g/mol. The van der Waals surface area contributed by atoms with Crippen molar-refractivity contribution in [3.8, 4) is 0 Å². The SMILES string of the molecule is CN1CCN(Cc2cc3ccccc3o2)CC1. The van der Waals surface area contributed by atoms with Crippen LogP contribution in [0.15, 0.2) is 34.7 Å². The normalized spacial score (nSPS) is 18.9. The number of rotatable bonds is 2. The van der Waals surface area contributed by atoms with Gasteiger partial charge >= 0.3 is 0 Å². The third-order valence-electron chi connectivity index (χ3n) is 3.45. The van der Waals surface area contributed by atoms with Crippen LogP contribution in [0.3, 0.4) is 0 Å². The minimum absolute atomic E-state index is 0.933. The molecule has 0 bridgehead atoms. The summed E-state index contributed by atoms with van der Waals surface area (Å²) in [5.74, 6) is 1.08. The van der Waals surface area contributed by atoms with Crippen LogP contribution in [0, 0.1) is 0 Å². The van der Waals surface area contributed by atoms with Gasteiger partial charge in [-0.2, -0.15) is 0 Å². The molecule has 0 saturated carbocycles. The van der Waals surface area contributed by atoms with Gasteiger partial charge in [-0.15, -0.1) is 0 Å². The molecule has 1 aromatic carbocycles. The lowest BCUT2D eigenvalue weighted by atomic mass is 10.2. The van der Waals surface area contributed by atoms with E-state index in [1.54, 1.807) is 0 Å². The summed E-state index contributed by atoms with van der Waals surface area (Å²) in [6.45, 7) is 5.50. The molecule has 2 heterocycles. The lowest BCUT2D eigenvalue weighted by Crippen LogP contribution is -2.43. The van der Waals surface area contributed by atoms with Gasteiger partial charge in [-0.1, -0.05) is 18.2 Å². The maximum Gasteiger partial charge on any atom is 0.134 e. The molecule has 1 fully saturated rings. The monoisotopic (exact) mass is 230 g/mol. The number of para-hydroxylation sites is 1. The summed E-state index contributed by atoms with van der Waals surface area (Å²) in [7, 11) is 2.18. The zero-order valence-electron chi connectivity index (χ0n) is 10.2. The number of hydrogen-bond donors (Lipinski definition) is 0. The molecule has 2 aromatic rings. The molecule has 0 atom stereocenters. The van der Waals surface area contributed by atoms with Crippen molar-refractivity contribution in [3.63, 3.8) is 0 Å². The molecule has 90 valence electrons. The van der Waals surface area contributed by atoms with Gasteiger partial charge in [0.2, 0.25) is 0 Å². The average Bonchev–Trinajstić information content (AvgIpc) is 2.74. The fraction of sp³-hybridized carbons (Fsp3) is 0.429. The third kappa shape index (κ3) is 2.35. The van der Waals surface area contributed by atoms with Crippen LogP contribution in [0.25, 0.3) is 11.0 Å². The second-order valence-corrected chi connectivity index (χ2v) is 4.83. The molecule has 3 nitrogen and oxygen atoms in total. The minimum atomic E-state index is 0.933. The Bertz CT molecular complexity index is 465. The van der Waals surface area contributed by atoms with E-state index in [2.05, 4.69) is 35.0 Å². The van der Waals surface area contributed by atoms with E-state index in [9.17, 15) is 0 Å². The lowest BCUT2D eigenvalue weighted by molar-refractivity contribution is 0.141. The smallest absolute Gasteiger partial charge is 0.134 e. The van der Waals surface area contributed by atoms with Crippen LogP contribution in [-0.2, 0) is 6.54 Å². The first-order valence-electron chi connectivity index (χ1n) is 6.19. The van der Waals surface area contributed by atoms with Crippen molar-refractivity contribution in [2.24, 2.45) is 0 Å². The van der Waals surface area contributed by atoms with Crippen molar-refractivity contribution < 1.29 is 4.42 Å². The van der Waals surface area contributed by atoms with Gasteiger partial charge in [0.25, 0.3) is 0 Å². The molecule has 1 aliphatic heterocycles. The molecule has 1 aliphatic rings.